The summed E-state index contributed by atoms with van der Waals surface area (Å²) in [7, 11) is 0. The number of benzene rings is 1. The summed E-state index contributed by atoms with van der Waals surface area (Å²) in [5, 5.41) is 20.9. The number of hydrogen-bond donors (Lipinski definition) is 1. The topological polar surface area (TPSA) is 100 Å². The fraction of sp³-hybridized carbons (Fsp3) is 0.520. The van der Waals surface area contributed by atoms with Gasteiger partial charge < -0.3 is 19.7 Å². The van der Waals surface area contributed by atoms with E-state index in [-0.39, 0.29) is 30.7 Å². The second-order valence-corrected chi connectivity index (χ2v) is 9.09. The Bertz CT molecular complexity index is 1030. The smallest absolute Gasteiger partial charge is 0.260 e. The lowest BCUT2D eigenvalue weighted by Gasteiger charge is -2.42. The number of aromatic nitrogens is 2. The minimum Gasteiger partial charge on any atom is -0.483 e. The van der Waals surface area contributed by atoms with Crippen molar-refractivity contribution in [2.45, 2.75) is 62.6 Å². The number of rotatable bonds is 2. The van der Waals surface area contributed by atoms with E-state index in [2.05, 4.69) is 27.6 Å². The van der Waals surface area contributed by atoms with Crippen LogP contribution in [0.1, 0.15) is 55.6 Å². The number of piperidine rings is 1. The third kappa shape index (κ3) is 4.64. The lowest BCUT2D eigenvalue weighted by atomic mass is 9.82. The van der Waals surface area contributed by atoms with Crippen molar-refractivity contribution in [2.24, 2.45) is 0 Å². The Hall–Kier alpha value is -3.18. The van der Waals surface area contributed by atoms with Gasteiger partial charge in [0, 0.05) is 6.54 Å². The van der Waals surface area contributed by atoms with Crippen molar-refractivity contribution < 1.29 is 14.3 Å². The van der Waals surface area contributed by atoms with E-state index in [0.717, 1.165) is 44.3 Å². The van der Waals surface area contributed by atoms with Crippen molar-refractivity contribution in [3.8, 4) is 11.8 Å². The number of para-hydroxylation sites is 1. The molecule has 1 saturated heterocycles. The summed E-state index contributed by atoms with van der Waals surface area (Å²) in [5.41, 5.74) is 1.64. The van der Waals surface area contributed by atoms with Crippen LogP contribution in [-0.4, -0.2) is 59.0 Å². The Morgan fingerprint density at radius 1 is 1.12 bits per heavy atom. The molecule has 2 aromatic rings. The zero-order valence-electron chi connectivity index (χ0n) is 18.7. The lowest BCUT2D eigenvalue weighted by Crippen LogP contribution is -2.57. The normalized spacial score (nSPS) is 27.6. The predicted octanol–water partition coefficient (Wildman–Crippen LogP) is 3.26. The monoisotopic (exact) mass is 447 g/mol. The van der Waals surface area contributed by atoms with Gasteiger partial charge in [-0.2, -0.15) is 10.4 Å². The number of fused-ring (bicyclic) bond motifs is 5. The highest BCUT2D eigenvalue weighted by molar-refractivity contribution is 5.78. The van der Waals surface area contributed by atoms with Crippen molar-refractivity contribution in [2.75, 3.05) is 25.1 Å². The van der Waals surface area contributed by atoms with Crippen LogP contribution in [0, 0.1) is 11.3 Å². The van der Waals surface area contributed by atoms with E-state index in [1.807, 2.05) is 23.1 Å². The van der Waals surface area contributed by atoms with Crippen molar-refractivity contribution in [3.05, 3.63) is 47.7 Å². The highest BCUT2D eigenvalue weighted by atomic mass is 16.5. The molecule has 4 aliphatic rings. The van der Waals surface area contributed by atoms with Gasteiger partial charge in [0.05, 0.1) is 36.6 Å². The van der Waals surface area contributed by atoms with E-state index >= 15 is 0 Å². The maximum Gasteiger partial charge on any atom is 0.260 e. The summed E-state index contributed by atoms with van der Waals surface area (Å²) in [4.78, 5) is 15.2. The molecule has 6 rings (SSSR count). The van der Waals surface area contributed by atoms with Gasteiger partial charge >= 0.3 is 0 Å². The molecule has 33 heavy (non-hydrogen) atoms. The Morgan fingerprint density at radius 3 is 2.82 bits per heavy atom. The lowest BCUT2D eigenvalue weighted by molar-refractivity contribution is -0.140. The van der Waals surface area contributed by atoms with Crippen LogP contribution in [0.3, 0.4) is 0 Å². The van der Waals surface area contributed by atoms with E-state index < -0.39 is 0 Å². The molecule has 1 aromatic carbocycles. The molecular weight excluding hydrogens is 418 g/mol. The quantitative estimate of drug-likeness (QED) is 0.754. The number of carbonyl (C=O) groups is 1. The van der Waals surface area contributed by atoms with Crippen molar-refractivity contribution in [1.82, 2.24) is 15.1 Å². The first kappa shape index (κ1) is 21.7. The summed E-state index contributed by atoms with van der Waals surface area (Å²) in [6.45, 7) is 1.12. The van der Waals surface area contributed by atoms with Crippen LogP contribution < -0.4 is 10.1 Å². The summed E-state index contributed by atoms with van der Waals surface area (Å²) < 4.78 is 12.5. The Labute approximate surface area is 193 Å². The number of anilines is 1. The molecule has 0 spiro atoms. The van der Waals surface area contributed by atoms with E-state index in [1.54, 1.807) is 6.07 Å². The fourth-order valence-corrected chi connectivity index (χ4v) is 5.39. The predicted molar refractivity (Wildman–Crippen MR) is 122 cm³/mol. The molecule has 2 atom stereocenters. The summed E-state index contributed by atoms with van der Waals surface area (Å²) in [5.74, 6) is 1.66. The molecule has 8 nitrogen and oxygen atoms in total. The zero-order chi connectivity index (χ0) is 22.6. The van der Waals surface area contributed by atoms with Crippen molar-refractivity contribution in [1.29, 1.82) is 5.26 Å². The van der Waals surface area contributed by atoms with Crippen LogP contribution in [0.4, 0.5) is 5.82 Å². The molecular formula is C25H29N5O3. The molecule has 0 radical (unpaired) electrons. The van der Waals surface area contributed by atoms with E-state index in [4.69, 9.17) is 9.47 Å². The summed E-state index contributed by atoms with van der Waals surface area (Å²) >= 11 is 0. The second kappa shape index (κ2) is 9.75. The van der Waals surface area contributed by atoms with Gasteiger partial charge in [0.25, 0.3) is 5.91 Å². The van der Waals surface area contributed by atoms with Crippen LogP contribution >= 0.6 is 0 Å². The molecule has 172 valence electrons. The third-order valence-electron chi connectivity index (χ3n) is 7.15. The molecule has 8 heteroatoms. The number of nitriles is 1. The zero-order valence-corrected chi connectivity index (χ0v) is 18.7. The van der Waals surface area contributed by atoms with E-state index in [9.17, 15) is 10.1 Å². The van der Waals surface area contributed by atoms with Crippen LogP contribution in [-0.2, 0) is 9.53 Å². The first-order chi connectivity index (χ1) is 16.2. The van der Waals surface area contributed by atoms with Gasteiger partial charge in [0.15, 0.2) is 12.4 Å². The van der Waals surface area contributed by atoms with Crippen LogP contribution in [0.15, 0.2) is 36.5 Å². The third-order valence-corrected chi connectivity index (χ3v) is 7.15. The van der Waals surface area contributed by atoms with Gasteiger partial charge in [-0.15, -0.1) is 5.10 Å². The largest absolute Gasteiger partial charge is 0.483 e. The minimum absolute atomic E-state index is 0.00493. The van der Waals surface area contributed by atoms with Gasteiger partial charge in [-0.1, -0.05) is 18.2 Å². The molecule has 4 heterocycles. The van der Waals surface area contributed by atoms with Gasteiger partial charge in [0.1, 0.15) is 11.8 Å². The molecule has 3 aliphatic heterocycles. The number of carbonyl (C=O) groups excluding carboxylic acids is 1. The molecule has 2 bridgehead atoms. The summed E-state index contributed by atoms with van der Waals surface area (Å²) in [6.07, 6.45) is 7.52. The Balaban J connectivity index is 1.41. The summed E-state index contributed by atoms with van der Waals surface area (Å²) in [6, 6.07) is 11.7. The minimum atomic E-state index is -0.169. The molecule has 1 amide bonds. The molecule has 1 aromatic heterocycles. The van der Waals surface area contributed by atoms with Gasteiger partial charge in [-0.05, 0) is 62.1 Å². The molecule has 2 fully saturated rings. The molecule has 0 unspecified atom stereocenters. The van der Waals surface area contributed by atoms with E-state index in [1.165, 1.54) is 11.8 Å². The number of hydrogen-bond acceptors (Lipinski definition) is 7. The average molecular weight is 448 g/mol. The first-order valence-corrected chi connectivity index (χ1v) is 11.8. The average Bonchev–Trinajstić information content (AvgIpc) is 2.88. The highest BCUT2D eigenvalue weighted by Gasteiger charge is 2.37. The van der Waals surface area contributed by atoms with Crippen molar-refractivity contribution in [3.63, 3.8) is 0 Å². The number of amides is 1. The highest BCUT2D eigenvalue weighted by Crippen LogP contribution is 2.39. The van der Waals surface area contributed by atoms with Gasteiger partial charge in [0.2, 0.25) is 0 Å². The Kier molecular flexibility index (Phi) is 6.40. The molecule has 1 N–H and O–H groups in total. The van der Waals surface area contributed by atoms with Crippen LogP contribution in [0.5, 0.6) is 5.75 Å². The van der Waals surface area contributed by atoms with Crippen LogP contribution in [0.25, 0.3) is 0 Å². The molecule has 1 saturated carbocycles. The standard InChI is InChI=1S/C25H29N5O3/c26-14-18-11-12-27-29-25(18)28-21-5-3-13-30-22(21)15-32-19-9-7-17(8-10-19)20-4-1-2-6-23(20)33-16-24(30)31/h1-2,4,6,11-12,17,19,21-22H,3,5,7-10,13,15-16H2,(H,28,29)/t17?,19?,21-,22-/m0/s1. The Morgan fingerprint density at radius 2 is 1.97 bits per heavy atom. The fourth-order valence-electron chi connectivity index (χ4n) is 5.39. The number of ether oxygens (including phenoxy) is 2. The molecule has 1 aliphatic carbocycles. The second-order valence-electron chi connectivity index (χ2n) is 9.09. The number of nitrogens with one attached hydrogen (secondary N) is 1. The SMILES string of the molecule is N#Cc1ccnnc1N[C@H]1CCCN2C(=O)COc3ccccc3C3CCC(CC3)OC[C@@H]12. The maximum atomic E-state index is 13.3. The maximum absolute atomic E-state index is 13.3. The van der Waals surface area contributed by atoms with E-state index in [0.29, 0.717) is 30.5 Å². The van der Waals surface area contributed by atoms with Crippen molar-refractivity contribution >= 4 is 11.7 Å². The van der Waals surface area contributed by atoms with Gasteiger partial charge in [-0.3, -0.25) is 4.79 Å². The van der Waals surface area contributed by atoms with Gasteiger partial charge in [-0.25, -0.2) is 0 Å². The number of nitrogens with zero attached hydrogens (tertiary/aromatic N) is 4. The first-order valence-electron chi connectivity index (χ1n) is 11.8. The van der Waals surface area contributed by atoms with Crippen LogP contribution in [0.2, 0.25) is 0 Å².